The molecule has 2 aromatic rings. The number of carboxylic acid groups (broad SMARTS) is 1. The van der Waals surface area contributed by atoms with Crippen molar-refractivity contribution in [2.24, 2.45) is 0 Å². The van der Waals surface area contributed by atoms with Gasteiger partial charge in [-0.05, 0) is 35.7 Å². The molecule has 2 rings (SSSR count). The Morgan fingerprint density at radius 1 is 1.09 bits per heavy atom. The average molecular weight is 312 g/mol. The zero-order valence-electron chi connectivity index (χ0n) is 11.3. The monoisotopic (exact) mass is 312 g/mol. The van der Waals surface area contributed by atoms with Crippen LogP contribution < -0.4 is 0 Å². The molecule has 0 saturated carbocycles. The van der Waals surface area contributed by atoms with Gasteiger partial charge >= 0.3 is 12.1 Å². The lowest BCUT2D eigenvalue weighted by molar-refractivity contribution is -0.138. The number of hydrogen-bond donors (Lipinski definition) is 1. The molecule has 0 aliphatic rings. The van der Waals surface area contributed by atoms with E-state index in [1.165, 1.54) is 24.3 Å². The van der Waals surface area contributed by atoms with Crippen molar-refractivity contribution >= 4 is 5.97 Å². The highest BCUT2D eigenvalue weighted by atomic mass is 19.4. The van der Waals surface area contributed by atoms with Crippen LogP contribution in [0.2, 0.25) is 0 Å². The van der Waals surface area contributed by atoms with E-state index in [9.17, 15) is 27.5 Å². The van der Waals surface area contributed by atoms with Crippen LogP contribution in [0.4, 0.5) is 17.6 Å². The van der Waals surface area contributed by atoms with Gasteiger partial charge in [-0.3, -0.25) is 4.79 Å². The molecule has 6 heteroatoms. The maximum Gasteiger partial charge on any atom is 0.416 e. The zero-order valence-corrected chi connectivity index (χ0v) is 11.3. The first-order valence-electron chi connectivity index (χ1n) is 6.42. The van der Waals surface area contributed by atoms with Crippen molar-refractivity contribution in [3.8, 4) is 0 Å². The Morgan fingerprint density at radius 3 is 2.27 bits per heavy atom. The minimum Gasteiger partial charge on any atom is -0.481 e. The second-order valence-electron chi connectivity index (χ2n) is 4.84. The minimum atomic E-state index is -4.48. The van der Waals surface area contributed by atoms with Crippen LogP contribution in [-0.4, -0.2) is 11.1 Å². The SMILES string of the molecule is O=C(O)C(Cc1cccc(C(F)(F)F)c1)c1ccc(F)cc1. The summed E-state index contributed by atoms with van der Waals surface area (Å²) in [6.07, 6.45) is -4.59. The van der Waals surface area contributed by atoms with Gasteiger partial charge in [0.15, 0.2) is 0 Å². The summed E-state index contributed by atoms with van der Waals surface area (Å²) in [5, 5.41) is 9.27. The standard InChI is InChI=1S/C16H12F4O2/c17-13-6-4-11(5-7-13)14(15(21)22)9-10-2-1-3-12(8-10)16(18,19)20/h1-8,14H,9H2,(H,21,22). The molecule has 0 saturated heterocycles. The first-order chi connectivity index (χ1) is 10.3. The van der Waals surface area contributed by atoms with Gasteiger partial charge in [0.25, 0.3) is 0 Å². The minimum absolute atomic E-state index is 0.106. The Hall–Kier alpha value is -2.37. The molecule has 116 valence electrons. The molecule has 2 nitrogen and oxygen atoms in total. The van der Waals surface area contributed by atoms with Crippen LogP contribution in [0.15, 0.2) is 48.5 Å². The van der Waals surface area contributed by atoms with Crippen molar-refractivity contribution in [3.63, 3.8) is 0 Å². The molecule has 1 atom stereocenters. The fourth-order valence-electron chi connectivity index (χ4n) is 2.15. The maximum atomic E-state index is 12.9. The van der Waals surface area contributed by atoms with Crippen molar-refractivity contribution < 1.29 is 27.5 Å². The van der Waals surface area contributed by atoms with Crippen molar-refractivity contribution in [1.82, 2.24) is 0 Å². The largest absolute Gasteiger partial charge is 0.481 e. The highest BCUT2D eigenvalue weighted by Gasteiger charge is 2.31. The van der Waals surface area contributed by atoms with Gasteiger partial charge in [0.1, 0.15) is 5.82 Å². The van der Waals surface area contributed by atoms with Gasteiger partial charge in [-0.25, -0.2) is 4.39 Å². The van der Waals surface area contributed by atoms with Crippen molar-refractivity contribution in [1.29, 1.82) is 0 Å². The van der Waals surface area contributed by atoms with Crippen molar-refractivity contribution in [2.75, 3.05) is 0 Å². The molecule has 2 aromatic carbocycles. The number of halogens is 4. The van der Waals surface area contributed by atoms with Gasteiger partial charge in [-0.1, -0.05) is 30.3 Å². The van der Waals surface area contributed by atoms with Crippen LogP contribution in [0.1, 0.15) is 22.6 Å². The summed E-state index contributed by atoms with van der Waals surface area (Å²) in [4.78, 5) is 11.4. The molecule has 0 radical (unpaired) electrons. The van der Waals surface area contributed by atoms with Crippen molar-refractivity contribution in [3.05, 3.63) is 71.0 Å². The first kappa shape index (κ1) is 16.0. The molecule has 22 heavy (non-hydrogen) atoms. The summed E-state index contributed by atoms with van der Waals surface area (Å²) in [5.74, 6) is -2.72. The summed E-state index contributed by atoms with van der Waals surface area (Å²) in [7, 11) is 0. The molecule has 0 aromatic heterocycles. The van der Waals surface area contributed by atoms with E-state index in [1.54, 1.807) is 0 Å². The van der Waals surface area contributed by atoms with Gasteiger partial charge in [-0.15, -0.1) is 0 Å². The zero-order chi connectivity index (χ0) is 16.3. The topological polar surface area (TPSA) is 37.3 Å². The highest BCUT2D eigenvalue weighted by molar-refractivity contribution is 5.76. The van der Waals surface area contributed by atoms with E-state index >= 15 is 0 Å². The predicted octanol–water partition coefficient (Wildman–Crippen LogP) is 4.26. The van der Waals surface area contributed by atoms with E-state index in [0.29, 0.717) is 5.56 Å². The normalized spacial score (nSPS) is 12.9. The van der Waals surface area contributed by atoms with E-state index in [1.807, 2.05) is 0 Å². The fraction of sp³-hybridized carbons (Fsp3) is 0.188. The van der Waals surface area contributed by atoms with E-state index in [2.05, 4.69) is 0 Å². The molecule has 0 heterocycles. The van der Waals surface area contributed by atoms with Gasteiger partial charge in [0.05, 0.1) is 11.5 Å². The van der Waals surface area contributed by atoms with E-state index in [0.717, 1.165) is 24.3 Å². The van der Waals surface area contributed by atoms with Gasteiger partial charge in [-0.2, -0.15) is 13.2 Å². The van der Waals surface area contributed by atoms with E-state index < -0.39 is 29.4 Å². The molecule has 0 aliphatic carbocycles. The van der Waals surface area contributed by atoms with Gasteiger partial charge < -0.3 is 5.11 Å². The molecule has 0 bridgehead atoms. The maximum absolute atomic E-state index is 12.9. The molecular weight excluding hydrogens is 300 g/mol. The lowest BCUT2D eigenvalue weighted by Gasteiger charge is -2.14. The van der Waals surface area contributed by atoms with E-state index in [-0.39, 0.29) is 12.0 Å². The lowest BCUT2D eigenvalue weighted by atomic mass is 9.91. The molecule has 1 N–H and O–H groups in total. The Balaban J connectivity index is 2.29. The summed E-state index contributed by atoms with van der Waals surface area (Å²) in [6, 6.07) is 9.42. The number of hydrogen-bond acceptors (Lipinski definition) is 1. The van der Waals surface area contributed by atoms with Gasteiger partial charge in [0.2, 0.25) is 0 Å². The van der Waals surface area contributed by atoms with Crippen LogP contribution >= 0.6 is 0 Å². The number of aliphatic carboxylic acids is 1. The number of carboxylic acids is 1. The number of alkyl halides is 3. The first-order valence-corrected chi connectivity index (χ1v) is 6.42. The average Bonchev–Trinajstić information content (AvgIpc) is 2.45. The van der Waals surface area contributed by atoms with Crippen LogP contribution in [-0.2, 0) is 17.4 Å². The van der Waals surface area contributed by atoms with Gasteiger partial charge in [0, 0.05) is 0 Å². The molecule has 0 aliphatic heterocycles. The lowest BCUT2D eigenvalue weighted by Crippen LogP contribution is -2.15. The highest BCUT2D eigenvalue weighted by Crippen LogP contribution is 2.31. The van der Waals surface area contributed by atoms with E-state index in [4.69, 9.17) is 0 Å². The Kier molecular flexibility index (Phi) is 4.49. The summed E-state index contributed by atoms with van der Waals surface area (Å²) in [5.41, 5.74) is -0.230. The van der Waals surface area contributed by atoms with Crippen LogP contribution in [0.3, 0.4) is 0 Å². The van der Waals surface area contributed by atoms with Crippen LogP contribution in [0.25, 0.3) is 0 Å². The number of carbonyl (C=O) groups is 1. The summed E-state index contributed by atoms with van der Waals surface area (Å²) in [6.45, 7) is 0. The molecule has 0 amide bonds. The molecule has 0 spiro atoms. The van der Waals surface area contributed by atoms with Crippen LogP contribution in [0, 0.1) is 5.82 Å². The fourth-order valence-corrected chi connectivity index (χ4v) is 2.15. The number of benzene rings is 2. The predicted molar refractivity (Wildman–Crippen MR) is 71.9 cm³/mol. The second-order valence-corrected chi connectivity index (χ2v) is 4.84. The molecular formula is C16H12F4O2. The third-order valence-electron chi connectivity index (χ3n) is 3.26. The Morgan fingerprint density at radius 2 is 1.73 bits per heavy atom. The summed E-state index contributed by atoms with van der Waals surface area (Å²) >= 11 is 0. The second kappa shape index (κ2) is 6.17. The quantitative estimate of drug-likeness (QED) is 0.857. The molecule has 1 unspecified atom stereocenters. The molecule has 0 fully saturated rings. The number of rotatable bonds is 4. The third-order valence-corrected chi connectivity index (χ3v) is 3.26. The smallest absolute Gasteiger partial charge is 0.416 e. The Bertz CT molecular complexity index is 663. The third kappa shape index (κ3) is 3.84. The van der Waals surface area contributed by atoms with Crippen molar-refractivity contribution in [2.45, 2.75) is 18.5 Å². The summed E-state index contributed by atoms with van der Waals surface area (Å²) < 4.78 is 50.9. The van der Waals surface area contributed by atoms with Crippen LogP contribution in [0.5, 0.6) is 0 Å². The Labute approximate surface area is 124 Å².